The van der Waals surface area contributed by atoms with Crippen molar-refractivity contribution in [2.75, 3.05) is 6.54 Å². The second-order valence-electron chi connectivity index (χ2n) is 3.21. The van der Waals surface area contributed by atoms with Crippen molar-refractivity contribution in [2.45, 2.75) is 16.8 Å². The summed E-state index contributed by atoms with van der Waals surface area (Å²) >= 11 is 0.721. The van der Waals surface area contributed by atoms with E-state index in [1.165, 1.54) is 5.38 Å². The molecular weight excluding hydrogens is 315 g/mol. The van der Waals surface area contributed by atoms with Crippen molar-refractivity contribution in [3.05, 3.63) is 17.0 Å². The molecule has 0 saturated carbocycles. The van der Waals surface area contributed by atoms with E-state index < -0.39 is 34.1 Å². The Labute approximate surface area is 109 Å². The van der Waals surface area contributed by atoms with Crippen molar-refractivity contribution in [1.29, 1.82) is 0 Å². The lowest BCUT2D eigenvalue weighted by molar-refractivity contribution is -0.132. The molecule has 0 aliphatic rings. The van der Waals surface area contributed by atoms with E-state index in [0.717, 1.165) is 17.4 Å². The summed E-state index contributed by atoms with van der Waals surface area (Å²) in [5.74, 6) is -0.776. The Balaban J connectivity index is 2.61. The monoisotopic (exact) mass is 321 g/mol. The van der Waals surface area contributed by atoms with E-state index in [0.29, 0.717) is 0 Å². The van der Waals surface area contributed by atoms with Crippen molar-refractivity contribution < 1.29 is 26.4 Å². The molecule has 0 spiro atoms. The molecule has 1 aromatic rings. The van der Waals surface area contributed by atoms with Gasteiger partial charge in [0.2, 0.25) is 0 Å². The Morgan fingerprint density at radius 3 is 2.50 bits per heavy atom. The molecule has 0 atom stereocenters. The molecule has 0 unspecified atom stereocenters. The van der Waals surface area contributed by atoms with Gasteiger partial charge in [-0.3, -0.25) is 4.79 Å². The molecule has 4 nitrogen and oxygen atoms in total. The summed E-state index contributed by atoms with van der Waals surface area (Å²) in [4.78, 5) is 11.4. The lowest BCUT2D eigenvalue weighted by Gasteiger charge is -2.06. The lowest BCUT2D eigenvalue weighted by atomic mass is 10.3. The molecule has 1 rings (SSSR count). The molecular formula is C8H7ClF3NO3S2. The van der Waals surface area contributed by atoms with Crippen LogP contribution in [0.5, 0.6) is 0 Å². The van der Waals surface area contributed by atoms with Crippen LogP contribution in [-0.4, -0.2) is 27.0 Å². The summed E-state index contributed by atoms with van der Waals surface area (Å²) in [6.45, 7) is -0.568. The quantitative estimate of drug-likeness (QED) is 0.866. The molecule has 1 N–H and O–H groups in total. The molecule has 0 aromatic carbocycles. The molecule has 0 radical (unpaired) electrons. The van der Waals surface area contributed by atoms with Crippen molar-refractivity contribution >= 4 is 37.0 Å². The Kier molecular flexibility index (Phi) is 4.62. The van der Waals surface area contributed by atoms with Crippen LogP contribution in [0.15, 0.2) is 15.7 Å². The first kappa shape index (κ1) is 15.3. The van der Waals surface area contributed by atoms with Crippen LogP contribution in [0, 0.1) is 0 Å². The van der Waals surface area contributed by atoms with E-state index in [9.17, 15) is 26.4 Å². The maximum Gasteiger partial charge on any atom is 0.390 e. The number of hydrogen-bond donors (Lipinski definition) is 1. The van der Waals surface area contributed by atoms with Gasteiger partial charge in [0, 0.05) is 22.6 Å². The number of carbonyl (C=O) groups is 1. The van der Waals surface area contributed by atoms with Gasteiger partial charge in [-0.15, -0.1) is 11.3 Å². The Bertz CT molecular complexity index is 538. The predicted molar refractivity (Wildman–Crippen MR) is 60.4 cm³/mol. The summed E-state index contributed by atoms with van der Waals surface area (Å²) < 4.78 is 57.1. The first-order valence-electron chi connectivity index (χ1n) is 4.48. The van der Waals surface area contributed by atoms with Crippen LogP contribution in [0.3, 0.4) is 0 Å². The number of alkyl halides is 3. The van der Waals surface area contributed by atoms with Crippen molar-refractivity contribution in [2.24, 2.45) is 0 Å². The lowest BCUT2D eigenvalue weighted by Crippen LogP contribution is -2.27. The third-order valence-electron chi connectivity index (χ3n) is 1.77. The van der Waals surface area contributed by atoms with E-state index in [-0.39, 0.29) is 9.77 Å². The topological polar surface area (TPSA) is 63.2 Å². The predicted octanol–water partition coefficient (Wildman–Crippen LogP) is 2.36. The average molecular weight is 322 g/mol. The highest BCUT2D eigenvalue weighted by atomic mass is 35.7. The summed E-state index contributed by atoms with van der Waals surface area (Å²) in [5, 5.41) is 3.24. The molecule has 1 heterocycles. The Morgan fingerprint density at radius 1 is 1.44 bits per heavy atom. The van der Waals surface area contributed by atoms with Crippen LogP contribution in [0.4, 0.5) is 13.2 Å². The van der Waals surface area contributed by atoms with Gasteiger partial charge in [0.1, 0.15) is 4.21 Å². The van der Waals surface area contributed by atoms with Crippen LogP contribution >= 0.6 is 22.0 Å². The minimum Gasteiger partial charge on any atom is -0.352 e. The maximum atomic E-state index is 11.8. The van der Waals surface area contributed by atoms with E-state index in [4.69, 9.17) is 10.7 Å². The molecule has 0 aliphatic carbocycles. The van der Waals surface area contributed by atoms with Crippen LogP contribution in [0.1, 0.15) is 16.8 Å². The number of carbonyl (C=O) groups excluding carboxylic acids is 1. The van der Waals surface area contributed by atoms with Gasteiger partial charge in [-0.05, 0) is 6.07 Å². The molecule has 0 saturated heterocycles. The molecule has 1 amide bonds. The van der Waals surface area contributed by atoms with E-state index in [2.05, 4.69) is 0 Å². The molecule has 0 aliphatic heterocycles. The summed E-state index contributed by atoms with van der Waals surface area (Å²) in [6.07, 6.45) is -5.50. The van der Waals surface area contributed by atoms with E-state index in [1.807, 2.05) is 5.32 Å². The molecule has 1 aromatic heterocycles. The Hall–Kier alpha value is -0.800. The standard InChI is InChI=1S/C8H7ClF3NO3S2/c9-18(15,16)6-3-5(4-17-6)7(14)13-2-1-8(10,11)12/h3-4H,1-2H2,(H,13,14). The highest BCUT2D eigenvalue weighted by Gasteiger charge is 2.26. The fourth-order valence-electron chi connectivity index (χ4n) is 0.983. The average Bonchev–Trinajstić information content (AvgIpc) is 2.62. The fourth-order valence-corrected chi connectivity index (χ4v) is 2.93. The number of hydrogen-bond acceptors (Lipinski definition) is 4. The normalized spacial score (nSPS) is 12.4. The SMILES string of the molecule is O=C(NCCC(F)(F)F)c1csc(S(=O)(=O)Cl)c1. The first-order valence-corrected chi connectivity index (χ1v) is 7.66. The summed E-state index contributed by atoms with van der Waals surface area (Å²) in [7, 11) is 1.11. The van der Waals surface area contributed by atoms with E-state index >= 15 is 0 Å². The second kappa shape index (κ2) is 5.45. The minimum atomic E-state index is -4.35. The summed E-state index contributed by atoms with van der Waals surface area (Å²) in [6, 6.07) is 1.01. The van der Waals surface area contributed by atoms with Gasteiger partial charge >= 0.3 is 6.18 Å². The van der Waals surface area contributed by atoms with Gasteiger partial charge in [-0.2, -0.15) is 13.2 Å². The number of thiophene rings is 1. The molecule has 0 fully saturated rings. The molecule has 102 valence electrons. The van der Waals surface area contributed by atoms with Crippen molar-refractivity contribution in [1.82, 2.24) is 5.32 Å². The van der Waals surface area contributed by atoms with Crippen LogP contribution in [-0.2, 0) is 9.05 Å². The van der Waals surface area contributed by atoms with Gasteiger partial charge in [-0.25, -0.2) is 8.42 Å². The Morgan fingerprint density at radius 2 is 2.06 bits per heavy atom. The second-order valence-corrected chi connectivity index (χ2v) is 6.92. The molecule has 18 heavy (non-hydrogen) atoms. The molecule has 10 heteroatoms. The number of nitrogens with one attached hydrogen (secondary N) is 1. The highest BCUT2D eigenvalue weighted by Crippen LogP contribution is 2.23. The smallest absolute Gasteiger partial charge is 0.352 e. The van der Waals surface area contributed by atoms with Gasteiger partial charge in [-0.1, -0.05) is 0 Å². The van der Waals surface area contributed by atoms with Gasteiger partial charge in [0.15, 0.2) is 0 Å². The van der Waals surface area contributed by atoms with Crippen LogP contribution in [0.25, 0.3) is 0 Å². The summed E-state index contributed by atoms with van der Waals surface area (Å²) in [5.41, 5.74) is -0.0404. The fraction of sp³-hybridized carbons (Fsp3) is 0.375. The zero-order valence-electron chi connectivity index (χ0n) is 8.62. The zero-order valence-corrected chi connectivity index (χ0v) is 11.0. The molecule has 0 bridgehead atoms. The third-order valence-corrected chi connectivity index (χ3v) is 4.81. The first-order chi connectivity index (χ1) is 8.09. The van der Waals surface area contributed by atoms with Gasteiger partial charge in [0.05, 0.1) is 12.0 Å². The number of halogens is 4. The van der Waals surface area contributed by atoms with Gasteiger partial charge in [0.25, 0.3) is 15.0 Å². The third kappa shape index (κ3) is 4.83. The van der Waals surface area contributed by atoms with Crippen molar-refractivity contribution in [3.8, 4) is 0 Å². The largest absolute Gasteiger partial charge is 0.390 e. The maximum absolute atomic E-state index is 11.8. The van der Waals surface area contributed by atoms with Crippen LogP contribution in [0.2, 0.25) is 0 Å². The van der Waals surface area contributed by atoms with Crippen molar-refractivity contribution in [3.63, 3.8) is 0 Å². The van der Waals surface area contributed by atoms with Gasteiger partial charge < -0.3 is 5.32 Å². The van der Waals surface area contributed by atoms with E-state index in [1.54, 1.807) is 0 Å². The highest BCUT2D eigenvalue weighted by molar-refractivity contribution is 8.15. The number of amides is 1. The minimum absolute atomic E-state index is 0.0404. The van der Waals surface area contributed by atoms with Crippen LogP contribution < -0.4 is 5.32 Å². The number of rotatable bonds is 4. The zero-order chi connectivity index (χ0) is 14.0.